The Bertz CT molecular complexity index is 493. The van der Waals surface area contributed by atoms with Crippen LogP contribution in [0.25, 0.3) is 0 Å². The van der Waals surface area contributed by atoms with Crippen LogP contribution in [-0.2, 0) is 0 Å². The molecule has 2 aromatic rings. The standard InChI is InChI=1S/C14H16BrNS2/c1-3-17-11-6-4-10(5-7-11)13(16-2)14-12(15)8-9-18-14/h4-9,13,16H,3H2,1-2H3. The number of rotatable bonds is 5. The number of nitrogens with one attached hydrogen (secondary N) is 1. The molecule has 1 heterocycles. The Morgan fingerprint density at radius 3 is 2.50 bits per heavy atom. The van der Waals surface area contributed by atoms with Crippen LogP contribution >= 0.6 is 39.0 Å². The summed E-state index contributed by atoms with van der Waals surface area (Å²) in [5.41, 5.74) is 1.31. The van der Waals surface area contributed by atoms with Gasteiger partial charge in [-0.3, -0.25) is 0 Å². The van der Waals surface area contributed by atoms with Crippen molar-refractivity contribution in [2.75, 3.05) is 12.8 Å². The first-order chi connectivity index (χ1) is 8.76. The fourth-order valence-electron chi connectivity index (χ4n) is 1.88. The van der Waals surface area contributed by atoms with Crippen molar-refractivity contribution in [3.63, 3.8) is 0 Å². The molecule has 0 aliphatic rings. The lowest BCUT2D eigenvalue weighted by atomic mass is 10.1. The third-order valence-electron chi connectivity index (χ3n) is 2.72. The predicted octanol–water partition coefficient (Wildman–Crippen LogP) is 4.93. The van der Waals surface area contributed by atoms with Gasteiger partial charge in [-0.2, -0.15) is 0 Å². The van der Waals surface area contributed by atoms with Gasteiger partial charge < -0.3 is 5.32 Å². The van der Waals surface area contributed by atoms with Crippen LogP contribution in [0.5, 0.6) is 0 Å². The van der Waals surface area contributed by atoms with E-state index < -0.39 is 0 Å². The smallest absolute Gasteiger partial charge is 0.0680 e. The van der Waals surface area contributed by atoms with Crippen LogP contribution in [0, 0.1) is 0 Å². The van der Waals surface area contributed by atoms with E-state index in [4.69, 9.17) is 0 Å². The second-order valence-electron chi connectivity index (χ2n) is 3.86. The summed E-state index contributed by atoms with van der Waals surface area (Å²) in [6, 6.07) is 11.2. The average molecular weight is 342 g/mol. The summed E-state index contributed by atoms with van der Waals surface area (Å²) in [4.78, 5) is 2.66. The van der Waals surface area contributed by atoms with Crippen LogP contribution in [0.4, 0.5) is 0 Å². The lowest BCUT2D eigenvalue weighted by molar-refractivity contribution is 0.701. The number of thiophene rings is 1. The maximum Gasteiger partial charge on any atom is 0.0680 e. The monoisotopic (exact) mass is 341 g/mol. The summed E-state index contributed by atoms with van der Waals surface area (Å²) < 4.78 is 1.18. The summed E-state index contributed by atoms with van der Waals surface area (Å²) in [6.07, 6.45) is 0. The molecular formula is C14H16BrNS2. The van der Waals surface area contributed by atoms with Gasteiger partial charge in [0.05, 0.1) is 6.04 Å². The van der Waals surface area contributed by atoms with Crippen molar-refractivity contribution in [3.8, 4) is 0 Å². The summed E-state index contributed by atoms with van der Waals surface area (Å²) >= 11 is 7.26. The number of thioether (sulfide) groups is 1. The quantitative estimate of drug-likeness (QED) is 0.773. The molecule has 0 fully saturated rings. The summed E-state index contributed by atoms with van der Waals surface area (Å²) in [5.74, 6) is 1.12. The number of hydrogen-bond donors (Lipinski definition) is 1. The van der Waals surface area contributed by atoms with Crippen molar-refractivity contribution in [2.24, 2.45) is 0 Å². The molecular weight excluding hydrogens is 326 g/mol. The molecule has 0 amide bonds. The number of benzene rings is 1. The maximum atomic E-state index is 3.61. The zero-order valence-corrected chi connectivity index (χ0v) is 13.7. The van der Waals surface area contributed by atoms with Crippen LogP contribution in [0.3, 0.4) is 0 Å². The van der Waals surface area contributed by atoms with Gasteiger partial charge in [0.25, 0.3) is 0 Å². The minimum Gasteiger partial charge on any atom is -0.309 e. The first kappa shape index (κ1) is 14.1. The van der Waals surface area contributed by atoms with Gasteiger partial charge in [-0.15, -0.1) is 23.1 Å². The predicted molar refractivity (Wildman–Crippen MR) is 85.8 cm³/mol. The molecule has 0 radical (unpaired) electrons. The molecule has 96 valence electrons. The zero-order chi connectivity index (χ0) is 13.0. The fourth-order valence-corrected chi connectivity index (χ4v) is 4.28. The Morgan fingerprint density at radius 1 is 1.28 bits per heavy atom. The van der Waals surface area contributed by atoms with Crippen molar-refractivity contribution < 1.29 is 0 Å². The first-order valence-corrected chi connectivity index (χ1v) is 8.55. The van der Waals surface area contributed by atoms with E-state index in [-0.39, 0.29) is 6.04 Å². The minimum atomic E-state index is 0.264. The van der Waals surface area contributed by atoms with Crippen molar-refractivity contribution in [3.05, 3.63) is 50.6 Å². The topological polar surface area (TPSA) is 12.0 Å². The molecule has 2 rings (SSSR count). The van der Waals surface area contributed by atoms with Crippen molar-refractivity contribution in [2.45, 2.75) is 17.9 Å². The van der Waals surface area contributed by atoms with E-state index in [1.165, 1.54) is 19.8 Å². The highest BCUT2D eigenvalue weighted by Crippen LogP contribution is 2.33. The highest BCUT2D eigenvalue weighted by Gasteiger charge is 2.15. The highest BCUT2D eigenvalue weighted by atomic mass is 79.9. The Balaban J connectivity index is 2.25. The lowest BCUT2D eigenvalue weighted by Crippen LogP contribution is -2.16. The Labute approximate surface area is 125 Å². The van der Waals surface area contributed by atoms with Gasteiger partial charge in [-0.25, -0.2) is 0 Å². The second kappa shape index (κ2) is 6.75. The van der Waals surface area contributed by atoms with E-state index in [0.29, 0.717) is 0 Å². The summed E-state index contributed by atoms with van der Waals surface area (Å²) in [6.45, 7) is 2.18. The molecule has 1 aromatic carbocycles. The van der Waals surface area contributed by atoms with Gasteiger partial charge >= 0.3 is 0 Å². The lowest BCUT2D eigenvalue weighted by Gasteiger charge is -2.16. The van der Waals surface area contributed by atoms with E-state index >= 15 is 0 Å². The van der Waals surface area contributed by atoms with Crippen LogP contribution in [0.15, 0.2) is 45.1 Å². The molecule has 0 spiro atoms. The molecule has 18 heavy (non-hydrogen) atoms. The molecule has 0 aliphatic carbocycles. The van der Waals surface area contributed by atoms with Gasteiger partial charge in [0, 0.05) is 14.2 Å². The zero-order valence-electron chi connectivity index (χ0n) is 10.4. The van der Waals surface area contributed by atoms with Crippen molar-refractivity contribution in [1.82, 2.24) is 5.32 Å². The van der Waals surface area contributed by atoms with Gasteiger partial charge in [0.2, 0.25) is 0 Å². The van der Waals surface area contributed by atoms with Gasteiger partial charge in [-0.05, 0) is 57.9 Å². The van der Waals surface area contributed by atoms with E-state index in [1.807, 2.05) is 18.8 Å². The molecule has 0 saturated carbocycles. The minimum absolute atomic E-state index is 0.264. The molecule has 1 nitrogen and oxygen atoms in total. The van der Waals surface area contributed by atoms with Crippen LogP contribution < -0.4 is 5.32 Å². The Morgan fingerprint density at radius 2 is 2.00 bits per heavy atom. The SMILES string of the molecule is CCSc1ccc(C(NC)c2sccc2Br)cc1. The molecule has 1 aromatic heterocycles. The fraction of sp³-hybridized carbons (Fsp3) is 0.286. The van der Waals surface area contributed by atoms with Gasteiger partial charge in [0.15, 0.2) is 0 Å². The second-order valence-corrected chi connectivity index (χ2v) is 7.00. The molecule has 0 aliphatic heterocycles. The molecule has 1 unspecified atom stereocenters. The molecule has 4 heteroatoms. The molecule has 0 saturated heterocycles. The van der Waals surface area contributed by atoms with Crippen molar-refractivity contribution >= 4 is 39.0 Å². The van der Waals surface area contributed by atoms with Gasteiger partial charge in [-0.1, -0.05) is 19.1 Å². The molecule has 1 atom stereocenters. The average Bonchev–Trinajstić information content (AvgIpc) is 2.79. The molecule has 0 bridgehead atoms. The van der Waals surface area contributed by atoms with Crippen LogP contribution in [0.1, 0.15) is 23.4 Å². The third-order valence-corrected chi connectivity index (χ3v) is 5.55. The number of hydrogen-bond acceptors (Lipinski definition) is 3. The highest BCUT2D eigenvalue weighted by molar-refractivity contribution is 9.10. The third kappa shape index (κ3) is 3.18. The van der Waals surface area contributed by atoms with E-state index in [2.05, 4.69) is 63.9 Å². The van der Waals surface area contributed by atoms with Gasteiger partial charge in [0.1, 0.15) is 0 Å². The van der Waals surface area contributed by atoms with E-state index in [9.17, 15) is 0 Å². The summed E-state index contributed by atoms with van der Waals surface area (Å²) in [5, 5.41) is 5.50. The number of halogens is 1. The van der Waals surface area contributed by atoms with E-state index in [1.54, 1.807) is 11.3 Å². The largest absolute Gasteiger partial charge is 0.309 e. The van der Waals surface area contributed by atoms with Crippen molar-refractivity contribution in [1.29, 1.82) is 0 Å². The molecule has 1 N–H and O–H groups in total. The maximum absolute atomic E-state index is 3.61. The Kier molecular flexibility index (Phi) is 5.30. The first-order valence-electron chi connectivity index (χ1n) is 5.89. The van der Waals surface area contributed by atoms with Crippen LogP contribution in [-0.4, -0.2) is 12.8 Å². The van der Waals surface area contributed by atoms with E-state index in [0.717, 1.165) is 5.75 Å². The Hall–Kier alpha value is -0.290. The van der Waals surface area contributed by atoms with Crippen LogP contribution in [0.2, 0.25) is 0 Å². The normalized spacial score (nSPS) is 12.6. The summed E-state index contributed by atoms with van der Waals surface area (Å²) in [7, 11) is 2.01.